The third kappa shape index (κ3) is 2.72. The van der Waals surface area contributed by atoms with Gasteiger partial charge >= 0.3 is 0 Å². The zero-order chi connectivity index (χ0) is 12.3. The molecule has 0 atom stereocenters. The Kier molecular flexibility index (Phi) is 3.89. The Morgan fingerprint density at radius 1 is 1.53 bits per heavy atom. The van der Waals surface area contributed by atoms with Gasteiger partial charge in [0.2, 0.25) is 0 Å². The summed E-state index contributed by atoms with van der Waals surface area (Å²) in [5, 5.41) is 11.2. The highest BCUT2D eigenvalue weighted by Crippen LogP contribution is 2.16. The van der Waals surface area contributed by atoms with Crippen molar-refractivity contribution in [3.63, 3.8) is 0 Å². The molecule has 0 radical (unpaired) electrons. The molecule has 5 heteroatoms. The molecule has 17 heavy (non-hydrogen) atoms. The third-order valence-electron chi connectivity index (χ3n) is 3.56. The van der Waals surface area contributed by atoms with Crippen LogP contribution in [0.25, 0.3) is 0 Å². The molecule has 1 fully saturated rings. The molecule has 5 nitrogen and oxygen atoms in total. The van der Waals surface area contributed by atoms with Gasteiger partial charge in [0.15, 0.2) is 5.78 Å². The van der Waals surface area contributed by atoms with Crippen LogP contribution in [0.5, 0.6) is 0 Å². The number of ketones is 1. The maximum Gasteiger partial charge on any atom is 0.184 e. The van der Waals surface area contributed by atoms with Crippen molar-refractivity contribution >= 4 is 5.78 Å². The van der Waals surface area contributed by atoms with E-state index in [0.29, 0.717) is 24.1 Å². The van der Waals surface area contributed by atoms with Crippen molar-refractivity contribution in [2.45, 2.75) is 39.2 Å². The Bertz CT molecular complexity index is 380. The van der Waals surface area contributed by atoms with Gasteiger partial charge in [-0.2, -0.15) is 0 Å². The Labute approximate surface area is 102 Å². The highest BCUT2D eigenvalue weighted by atomic mass is 16.1. The molecule has 1 N–H and O–H groups in total. The summed E-state index contributed by atoms with van der Waals surface area (Å²) in [5.74, 6) is 0.593. The Morgan fingerprint density at radius 3 is 2.76 bits per heavy atom. The molecule has 0 amide bonds. The standard InChI is InChI=1S/C12H20N4O/c1-3-9(4-2)5-12(17)11-8-16(15-14-11)10-6-13-7-10/h8-10,13H,3-7H2,1-2H3. The van der Waals surface area contributed by atoms with E-state index in [0.717, 1.165) is 25.9 Å². The molecule has 1 aromatic heterocycles. The lowest BCUT2D eigenvalue weighted by molar-refractivity contribution is 0.0953. The molecular formula is C12H20N4O. The molecule has 1 aliphatic heterocycles. The van der Waals surface area contributed by atoms with E-state index in [-0.39, 0.29) is 5.78 Å². The molecule has 0 saturated carbocycles. The largest absolute Gasteiger partial charge is 0.312 e. The number of hydrogen-bond acceptors (Lipinski definition) is 4. The van der Waals surface area contributed by atoms with Crippen LogP contribution in [0.2, 0.25) is 0 Å². The van der Waals surface area contributed by atoms with E-state index in [1.807, 2.05) is 0 Å². The molecule has 1 aliphatic rings. The van der Waals surface area contributed by atoms with Crippen LogP contribution in [0, 0.1) is 5.92 Å². The van der Waals surface area contributed by atoms with E-state index < -0.39 is 0 Å². The zero-order valence-electron chi connectivity index (χ0n) is 10.5. The van der Waals surface area contributed by atoms with Crippen molar-refractivity contribution in [1.82, 2.24) is 20.3 Å². The van der Waals surface area contributed by atoms with E-state index in [2.05, 4.69) is 29.5 Å². The smallest absolute Gasteiger partial charge is 0.184 e. The van der Waals surface area contributed by atoms with Crippen LogP contribution in [-0.4, -0.2) is 33.9 Å². The monoisotopic (exact) mass is 236 g/mol. The summed E-state index contributed by atoms with van der Waals surface area (Å²) < 4.78 is 1.80. The molecule has 2 rings (SSSR count). The van der Waals surface area contributed by atoms with Gasteiger partial charge in [-0.25, -0.2) is 4.68 Å². The number of nitrogens with one attached hydrogen (secondary N) is 1. The minimum atomic E-state index is 0.122. The minimum absolute atomic E-state index is 0.122. The number of rotatable bonds is 6. The van der Waals surface area contributed by atoms with Crippen LogP contribution in [0.3, 0.4) is 0 Å². The summed E-state index contributed by atoms with van der Waals surface area (Å²) in [5.41, 5.74) is 0.517. The van der Waals surface area contributed by atoms with Gasteiger partial charge in [0.05, 0.1) is 12.2 Å². The summed E-state index contributed by atoms with van der Waals surface area (Å²) in [4.78, 5) is 12.0. The second-order valence-electron chi connectivity index (χ2n) is 4.71. The quantitative estimate of drug-likeness (QED) is 0.759. The first kappa shape index (κ1) is 12.2. The van der Waals surface area contributed by atoms with Gasteiger partial charge in [0.1, 0.15) is 5.69 Å². The lowest BCUT2D eigenvalue weighted by Gasteiger charge is -2.26. The molecule has 0 spiro atoms. The molecule has 1 aromatic rings. The van der Waals surface area contributed by atoms with Gasteiger partial charge in [-0.15, -0.1) is 5.10 Å². The lowest BCUT2D eigenvalue weighted by Crippen LogP contribution is -2.43. The van der Waals surface area contributed by atoms with E-state index in [1.54, 1.807) is 10.9 Å². The van der Waals surface area contributed by atoms with E-state index in [4.69, 9.17) is 0 Å². The average molecular weight is 236 g/mol. The van der Waals surface area contributed by atoms with Gasteiger partial charge in [0.25, 0.3) is 0 Å². The number of carbonyl (C=O) groups excluding carboxylic acids is 1. The number of aromatic nitrogens is 3. The predicted octanol–water partition coefficient (Wildman–Crippen LogP) is 1.43. The number of nitrogens with zero attached hydrogens (tertiary/aromatic N) is 3. The fraction of sp³-hybridized carbons (Fsp3) is 0.750. The van der Waals surface area contributed by atoms with Crippen LogP contribution < -0.4 is 5.32 Å². The first-order valence-corrected chi connectivity index (χ1v) is 6.40. The average Bonchev–Trinajstić information content (AvgIpc) is 2.72. The SMILES string of the molecule is CCC(CC)CC(=O)c1cn(C2CNC2)nn1. The summed E-state index contributed by atoms with van der Waals surface area (Å²) in [6.45, 7) is 6.09. The van der Waals surface area contributed by atoms with E-state index in [1.165, 1.54) is 0 Å². The van der Waals surface area contributed by atoms with Crippen molar-refractivity contribution in [1.29, 1.82) is 0 Å². The van der Waals surface area contributed by atoms with Crippen molar-refractivity contribution in [2.24, 2.45) is 5.92 Å². The Hall–Kier alpha value is -1.23. The third-order valence-corrected chi connectivity index (χ3v) is 3.56. The van der Waals surface area contributed by atoms with E-state index in [9.17, 15) is 4.79 Å². The summed E-state index contributed by atoms with van der Waals surface area (Å²) in [7, 11) is 0. The maximum atomic E-state index is 12.0. The van der Waals surface area contributed by atoms with Crippen LogP contribution >= 0.6 is 0 Å². The Balaban J connectivity index is 1.96. The van der Waals surface area contributed by atoms with Crippen molar-refractivity contribution in [3.8, 4) is 0 Å². The van der Waals surface area contributed by atoms with Gasteiger partial charge < -0.3 is 5.32 Å². The fourth-order valence-corrected chi connectivity index (χ4v) is 1.99. The lowest BCUT2D eigenvalue weighted by atomic mass is 9.96. The van der Waals surface area contributed by atoms with Crippen LogP contribution in [0.4, 0.5) is 0 Å². The first-order chi connectivity index (χ1) is 8.24. The van der Waals surface area contributed by atoms with Crippen LogP contribution in [-0.2, 0) is 0 Å². The maximum absolute atomic E-state index is 12.0. The molecule has 2 heterocycles. The first-order valence-electron chi connectivity index (χ1n) is 6.40. The minimum Gasteiger partial charge on any atom is -0.312 e. The Morgan fingerprint density at radius 2 is 2.24 bits per heavy atom. The number of hydrogen-bond donors (Lipinski definition) is 1. The zero-order valence-corrected chi connectivity index (χ0v) is 10.5. The summed E-state index contributed by atoms with van der Waals surface area (Å²) >= 11 is 0. The molecule has 0 aromatic carbocycles. The summed E-state index contributed by atoms with van der Waals surface area (Å²) in [6, 6.07) is 0.372. The molecule has 0 aliphatic carbocycles. The van der Waals surface area contributed by atoms with Gasteiger partial charge in [-0.05, 0) is 5.92 Å². The van der Waals surface area contributed by atoms with Crippen molar-refractivity contribution in [3.05, 3.63) is 11.9 Å². The second-order valence-corrected chi connectivity index (χ2v) is 4.71. The molecular weight excluding hydrogens is 216 g/mol. The fourth-order valence-electron chi connectivity index (χ4n) is 1.99. The van der Waals surface area contributed by atoms with Gasteiger partial charge in [-0.1, -0.05) is 31.9 Å². The molecule has 1 saturated heterocycles. The second kappa shape index (κ2) is 5.40. The van der Waals surface area contributed by atoms with Gasteiger partial charge in [0, 0.05) is 19.5 Å². The topological polar surface area (TPSA) is 59.8 Å². The van der Waals surface area contributed by atoms with Crippen LogP contribution in [0.1, 0.15) is 49.6 Å². The molecule has 0 bridgehead atoms. The number of carbonyl (C=O) groups is 1. The highest BCUT2D eigenvalue weighted by Gasteiger charge is 2.22. The number of Topliss-reactive ketones (excluding diaryl/α,β-unsaturated/α-hetero) is 1. The summed E-state index contributed by atoms with van der Waals surface area (Å²) in [6.07, 6.45) is 4.47. The van der Waals surface area contributed by atoms with Gasteiger partial charge in [-0.3, -0.25) is 4.79 Å². The van der Waals surface area contributed by atoms with Crippen molar-refractivity contribution < 1.29 is 4.79 Å². The highest BCUT2D eigenvalue weighted by molar-refractivity contribution is 5.93. The normalized spacial score (nSPS) is 16.2. The van der Waals surface area contributed by atoms with E-state index >= 15 is 0 Å². The molecule has 0 unspecified atom stereocenters. The van der Waals surface area contributed by atoms with Crippen molar-refractivity contribution in [2.75, 3.05) is 13.1 Å². The van der Waals surface area contributed by atoms with Crippen LogP contribution in [0.15, 0.2) is 6.20 Å². The molecule has 94 valence electrons. The predicted molar refractivity (Wildman–Crippen MR) is 64.9 cm³/mol.